The topological polar surface area (TPSA) is 0 Å². The first-order valence-electron chi connectivity index (χ1n) is 7.42. The molecule has 7 heteroatoms. The molecule has 0 N–H and O–H groups in total. The lowest BCUT2D eigenvalue weighted by Gasteiger charge is -2.17. The molecular formula is C19H7F7. The quantitative estimate of drug-likeness (QED) is 0.226. The molecule has 0 bridgehead atoms. The smallest absolute Gasteiger partial charge is 0.198 e. The lowest BCUT2D eigenvalue weighted by molar-refractivity contribution is 0.405. The van der Waals surface area contributed by atoms with Gasteiger partial charge in [-0.2, -0.15) is 0 Å². The first-order chi connectivity index (χ1) is 12.3. The molecule has 0 aromatic heterocycles. The van der Waals surface area contributed by atoms with E-state index >= 15 is 0 Å². The predicted octanol–water partition coefficient (Wildman–Crippen LogP) is 5.82. The van der Waals surface area contributed by atoms with E-state index in [1.165, 1.54) is 24.3 Å². The zero-order chi connectivity index (χ0) is 18.7. The van der Waals surface area contributed by atoms with Gasteiger partial charge in [0.2, 0.25) is 0 Å². The van der Waals surface area contributed by atoms with Crippen molar-refractivity contribution in [3.05, 3.63) is 93.8 Å². The zero-order valence-electron chi connectivity index (χ0n) is 12.7. The van der Waals surface area contributed by atoms with E-state index in [2.05, 4.69) is 0 Å². The minimum Gasteiger partial charge on any atom is -0.207 e. The van der Waals surface area contributed by atoms with Crippen LogP contribution in [0, 0.1) is 40.7 Å². The van der Waals surface area contributed by atoms with Gasteiger partial charge in [0.05, 0.1) is 0 Å². The van der Waals surface area contributed by atoms with Gasteiger partial charge in [-0.15, -0.1) is 0 Å². The van der Waals surface area contributed by atoms with Crippen molar-refractivity contribution in [1.82, 2.24) is 0 Å². The van der Waals surface area contributed by atoms with E-state index in [9.17, 15) is 30.7 Å². The highest BCUT2D eigenvalue weighted by Crippen LogP contribution is 2.51. The molecule has 0 aliphatic heterocycles. The van der Waals surface area contributed by atoms with Gasteiger partial charge in [0.15, 0.2) is 34.9 Å². The van der Waals surface area contributed by atoms with Gasteiger partial charge < -0.3 is 0 Å². The fourth-order valence-electron chi connectivity index (χ4n) is 3.42. The van der Waals surface area contributed by atoms with Crippen molar-refractivity contribution >= 4 is 0 Å². The molecule has 132 valence electrons. The second kappa shape index (κ2) is 5.59. The fourth-order valence-corrected chi connectivity index (χ4v) is 3.42. The van der Waals surface area contributed by atoms with E-state index in [-0.39, 0.29) is 11.1 Å². The van der Waals surface area contributed by atoms with Crippen LogP contribution in [0.3, 0.4) is 0 Å². The third kappa shape index (κ3) is 2.09. The predicted molar refractivity (Wildman–Crippen MR) is 79.0 cm³/mol. The highest BCUT2D eigenvalue weighted by molar-refractivity contribution is 5.81. The molecule has 1 unspecified atom stereocenters. The second-order valence-electron chi connectivity index (χ2n) is 5.86. The zero-order valence-corrected chi connectivity index (χ0v) is 12.7. The van der Waals surface area contributed by atoms with Crippen LogP contribution in [-0.4, -0.2) is 0 Å². The van der Waals surface area contributed by atoms with E-state index in [4.69, 9.17) is 0 Å². The molecule has 0 fully saturated rings. The summed E-state index contributed by atoms with van der Waals surface area (Å²) in [6.07, 6.45) is 0. The average molecular weight is 368 g/mol. The summed E-state index contributed by atoms with van der Waals surface area (Å²) in [6, 6.07) is 6.45. The maximum absolute atomic E-state index is 14.5. The van der Waals surface area contributed by atoms with E-state index in [1.54, 1.807) is 0 Å². The molecule has 0 nitrogen and oxygen atoms in total. The Hall–Kier alpha value is -2.83. The molecule has 26 heavy (non-hydrogen) atoms. The van der Waals surface area contributed by atoms with E-state index in [1.807, 2.05) is 0 Å². The summed E-state index contributed by atoms with van der Waals surface area (Å²) in [6.45, 7) is 0. The van der Waals surface area contributed by atoms with Gasteiger partial charge in [0, 0.05) is 28.7 Å². The van der Waals surface area contributed by atoms with E-state index in [0.29, 0.717) is 12.1 Å². The van der Waals surface area contributed by atoms with Crippen LogP contribution < -0.4 is 0 Å². The molecule has 1 aliphatic rings. The Morgan fingerprint density at radius 2 is 1.27 bits per heavy atom. The van der Waals surface area contributed by atoms with Crippen LogP contribution >= 0.6 is 0 Å². The Morgan fingerprint density at radius 1 is 0.615 bits per heavy atom. The highest BCUT2D eigenvalue weighted by atomic mass is 19.2. The van der Waals surface area contributed by atoms with Crippen molar-refractivity contribution in [2.45, 2.75) is 5.92 Å². The Bertz CT molecular complexity index is 1070. The molecule has 3 aromatic rings. The van der Waals surface area contributed by atoms with Crippen molar-refractivity contribution < 1.29 is 30.7 Å². The maximum atomic E-state index is 14.5. The number of halogens is 7. The highest BCUT2D eigenvalue weighted by Gasteiger charge is 2.40. The maximum Gasteiger partial charge on any atom is 0.198 e. The van der Waals surface area contributed by atoms with Crippen LogP contribution in [0.5, 0.6) is 0 Å². The van der Waals surface area contributed by atoms with E-state index < -0.39 is 63.3 Å². The molecule has 0 saturated carbocycles. The summed E-state index contributed by atoms with van der Waals surface area (Å²) >= 11 is 0. The van der Waals surface area contributed by atoms with Gasteiger partial charge >= 0.3 is 0 Å². The summed E-state index contributed by atoms with van der Waals surface area (Å²) in [7, 11) is 0. The van der Waals surface area contributed by atoms with Gasteiger partial charge in [-0.1, -0.05) is 24.3 Å². The van der Waals surface area contributed by atoms with Crippen LogP contribution in [0.2, 0.25) is 0 Å². The molecule has 0 saturated heterocycles. The Kier molecular flexibility index (Phi) is 3.57. The van der Waals surface area contributed by atoms with Crippen LogP contribution in [0.4, 0.5) is 30.7 Å². The second-order valence-corrected chi connectivity index (χ2v) is 5.86. The summed E-state index contributed by atoms with van der Waals surface area (Å²) in [5, 5.41) is 0. The number of hydrogen-bond acceptors (Lipinski definition) is 0. The third-order valence-corrected chi connectivity index (χ3v) is 4.47. The molecule has 0 amide bonds. The Labute approximate surface area is 142 Å². The molecular weight excluding hydrogens is 361 g/mol. The van der Waals surface area contributed by atoms with Crippen LogP contribution in [0.15, 0.2) is 36.4 Å². The summed E-state index contributed by atoms with van der Waals surface area (Å²) in [5.41, 5.74) is -1.86. The van der Waals surface area contributed by atoms with Crippen LogP contribution in [0.1, 0.15) is 22.6 Å². The Balaban J connectivity index is 2.15. The van der Waals surface area contributed by atoms with Crippen molar-refractivity contribution in [2.75, 3.05) is 0 Å². The molecule has 1 aliphatic carbocycles. The van der Waals surface area contributed by atoms with Crippen molar-refractivity contribution in [3.8, 4) is 11.1 Å². The standard InChI is InChI=1S/C19H7F7/c20-7-5-10(15(22)11(21)6-7)12-8-3-1-2-4-9(8)13-14(12)17(24)19(26)18(25)16(13)23/h1-6,12H. The first kappa shape index (κ1) is 16.6. The normalized spacial score (nSPS) is 15.1. The molecule has 0 radical (unpaired) electrons. The summed E-state index contributed by atoms with van der Waals surface area (Å²) in [4.78, 5) is 0. The molecule has 3 aromatic carbocycles. The number of hydrogen-bond donors (Lipinski definition) is 0. The van der Waals surface area contributed by atoms with Crippen molar-refractivity contribution in [1.29, 1.82) is 0 Å². The lowest BCUT2D eigenvalue weighted by atomic mass is 9.88. The minimum absolute atomic E-state index is 0.00753. The van der Waals surface area contributed by atoms with E-state index in [0.717, 1.165) is 0 Å². The number of fused-ring (bicyclic) bond motifs is 3. The molecule has 1 atom stereocenters. The fraction of sp³-hybridized carbons (Fsp3) is 0.0526. The monoisotopic (exact) mass is 368 g/mol. The van der Waals surface area contributed by atoms with Gasteiger partial charge in [0.25, 0.3) is 0 Å². The third-order valence-electron chi connectivity index (χ3n) is 4.47. The average Bonchev–Trinajstić information content (AvgIpc) is 2.96. The first-order valence-corrected chi connectivity index (χ1v) is 7.42. The van der Waals surface area contributed by atoms with Gasteiger partial charge in [0.1, 0.15) is 5.82 Å². The summed E-state index contributed by atoms with van der Waals surface area (Å²) in [5.74, 6) is -13.2. The molecule has 0 heterocycles. The minimum atomic E-state index is -2.07. The Morgan fingerprint density at radius 3 is 2.00 bits per heavy atom. The number of benzene rings is 3. The van der Waals surface area contributed by atoms with Crippen molar-refractivity contribution in [2.24, 2.45) is 0 Å². The largest absolute Gasteiger partial charge is 0.207 e. The summed E-state index contributed by atoms with van der Waals surface area (Å²) < 4.78 is 97.9. The van der Waals surface area contributed by atoms with Crippen LogP contribution in [-0.2, 0) is 0 Å². The SMILES string of the molecule is Fc1cc(F)c(F)c(C2c3ccccc3-c3c(F)c(F)c(F)c(F)c32)c1. The van der Waals surface area contributed by atoms with Gasteiger partial charge in [-0.3, -0.25) is 0 Å². The lowest BCUT2D eigenvalue weighted by Crippen LogP contribution is -2.09. The molecule has 0 spiro atoms. The number of rotatable bonds is 1. The van der Waals surface area contributed by atoms with Gasteiger partial charge in [-0.25, -0.2) is 30.7 Å². The van der Waals surface area contributed by atoms with Crippen LogP contribution in [0.25, 0.3) is 11.1 Å². The van der Waals surface area contributed by atoms with Gasteiger partial charge in [-0.05, 0) is 17.2 Å². The molecule has 4 rings (SSSR count). The van der Waals surface area contributed by atoms with Crippen molar-refractivity contribution in [3.63, 3.8) is 0 Å².